The molecule has 0 radical (unpaired) electrons. The summed E-state index contributed by atoms with van der Waals surface area (Å²) in [4.78, 5) is 29.2. The molecule has 1 heterocycles. The standard InChI is InChI=1S/C20H21N3O2/c1-13-8-9-14(2)17(12-13)22-19(24)11-10-18-21-16-7-5-4-6-15(16)20(25)23(18)3/h4-9,12H,10-11H2,1-3H3,(H,22,24). The molecule has 0 aliphatic carbocycles. The van der Waals surface area contributed by atoms with Crippen LogP contribution in [0.4, 0.5) is 5.69 Å². The number of aryl methyl sites for hydroxylation is 3. The molecule has 0 unspecified atom stereocenters. The molecular weight excluding hydrogens is 314 g/mol. The Bertz CT molecular complexity index is 1010. The third kappa shape index (κ3) is 3.60. The van der Waals surface area contributed by atoms with Crippen molar-refractivity contribution in [3.8, 4) is 0 Å². The summed E-state index contributed by atoms with van der Waals surface area (Å²) in [7, 11) is 1.69. The number of hydrogen-bond acceptors (Lipinski definition) is 3. The van der Waals surface area contributed by atoms with E-state index < -0.39 is 0 Å². The van der Waals surface area contributed by atoms with E-state index in [1.807, 2.05) is 50.2 Å². The first kappa shape index (κ1) is 16.9. The van der Waals surface area contributed by atoms with E-state index in [1.54, 1.807) is 13.1 Å². The van der Waals surface area contributed by atoms with Crippen LogP contribution < -0.4 is 10.9 Å². The van der Waals surface area contributed by atoms with Crippen molar-refractivity contribution in [2.24, 2.45) is 7.05 Å². The van der Waals surface area contributed by atoms with E-state index in [0.717, 1.165) is 16.8 Å². The van der Waals surface area contributed by atoms with Gasteiger partial charge >= 0.3 is 0 Å². The monoisotopic (exact) mass is 335 g/mol. The van der Waals surface area contributed by atoms with Crippen LogP contribution in [0.25, 0.3) is 10.9 Å². The Labute approximate surface area is 146 Å². The van der Waals surface area contributed by atoms with Gasteiger partial charge in [0.15, 0.2) is 0 Å². The first-order valence-corrected chi connectivity index (χ1v) is 8.27. The van der Waals surface area contributed by atoms with Gasteiger partial charge in [0.2, 0.25) is 5.91 Å². The van der Waals surface area contributed by atoms with E-state index >= 15 is 0 Å². The van der Waals surface area contributed by atoms with Gasteiger partial charge in [-0.25, -0.2) is 4.98 Å². The fourth-order valence-electron chi connectivity index (χ4n) is 2.80. The van der Waals surface area contributed by atoms with Crippen LogP contribution in [-0.2, 0) is 18.3 Å². The number of aromatic nitrogens is 2. The first-order chi connectivity index (χ1) is 12.0. The maximum Gasteiger partial charge on any atom is 0.261 e. The molecule has 3 aromatic rings. The van der Waals surface area contributed by atoms with Gasteiger partial charge in [0.05, 0.1) is 10.9 Å². The highest BCUT2D eigenvalue weighted by molar-refractivity contribution is 5.91. The summed E-state index contributed by atoms with van der Waals surface area (Å²) in [6.07, 6.45) is 0.680. The molecule has 3 rings (SSSR count). The molecule has 128 valence electrons. The lowest BCUT2D eigenvalue weighted by Crippen LogP contribution is -2.23. The van der Waals surface area contributed by atoms with E-state index in [1.165, 1.54) is 4.57 Å². The Balaban J connectivity index is 1.76. The number of anilines is 1. The summed E-state index contributed by atoms with van der Waals surface area (Å²) >= 11 is 0. The smallest absolute Gasteiger partial charge is 0.261 e. The van der Waals surface area contributed by atoms with Gasteiger partial charge in [-0.05, 0) is 43.2 Å². The van der Waals surface area contributed by atoms with Crippen molar-refractivity contribution in [2.45, 2.75) is 26.7 Å². The Morgan fingerprint density at radius 2 is 1.92 bits per heavy atom. The Hall–Kier alpha value is -2.95. The Morgan fingerprint density at radius 1 is 1.16 bits per heavy atom. The second-order valence-electron chi connectivity index (χ2n) is 6.28. The van der Waals surface area contributed by atoms with Crippen molar-refractivity contribution in [1.29, 1.82) is 0 Å². The summed E-state index contributed by atoms with van der Waals surface area (Å²) in [5.41, 5.74) is 3.52. The minimum absolute atomic E-state index is 0.0869. The molecule has 1 aromatic heterocycles. The van der Waals surface area contributed by atoms with Crippen LogP contribution in [-0.4, -0.2) is 15.5 Å². The average molecular weight is 335 g/mol. The van der Waals surface area contributed by atoms with Crippen molar-refractivity contribution >= 4 is 22.5 Å². The third-order valence-corrected chi connectivity index (χ3v) is 4.32. The number of hydrogen-bond donors (Lipinski definition) is 1. The molecule has 0 saturated carbocycles. The average Bonchev–Trinajstić information content (AvgIpc) is 2.60. The normalized spacial score (nSPS) is 10.8. The van der Waals surface area contributed by atoms with E-state index in [-0.39, 0.29) is 17.9 Å². The number of fused-ring (bicyclic) bond motifs is 1. The van der Waals surface area contributed by atoms with E-state index in [4.69, 9.17) is 0 Å². The lowest BCUT2D eigenvalue weighted by Gasteiger charge is -2.11. The molecule has 5 heteroatoms. The molecule has 1 N–H and O–H groups in total. The Kier molecular flexibility index (Phi) is 4.65. The van der Waals surface area contributed by atoms with Crippen LogP contribution in [0.2, 0.25) is 0 Å². The summed E-state index contributed by atoms with van der Waals surface area (Å²) < 4.78 is 1.52. The number of para-hydroxylation sites is 1. The van der Waals surface area contributed by atoms with Crippen LogP contribution in [0.1, 0.15) is 23.4 Å². The van der Waals surface area contributed by atoms with Crippen LogP contribution >= 0.6 is 0 Å². The largest absolute Gasteiger partial charge is 0.326 e. The van der Waals surface area contributed by atoms with Crippen molar-refractivity contribution in [2.75, 3.05) is 5.32 Å². The maximum absolute atomic E-state index is 12.4. The van der Waals surface area contributed by atoms with Gasteiger partial charge in [0.1, 0.15) is 5.82 Å². The molecule has 0 saturated heterocycles. The summed E-state index contributed by atoms with van der Waals surface area (Å²) in [6, 6.07) is 13.2. The zero-order chi connectivity index (χ0) is 18.0. The number of nitrogens with zero attached hydrogens (tertiary/aromatic N) is 2. The fraction of sp³-hybridized carbons (Fsp3) is 0.250. The van der Waals surface area contributed by atoms with Gasteiger partial charge < -0.3 is 5.32 Å². The number of carbonyl (C=O) groups excluding carboxylic acids is 1. The molecule has 0 bridgehead atoms. The summed E-state index contributed by atoms with van der Waals surface area (Å²) in [5.74, 6) is 0.524. The van der Waals surface area contributed by atoms with Gasteiger partial charge in [-0.3, -0.25) is 14.2 Å². The van der Waals surface area contributed by atoms with E-state index in [9.17, 15) is 9.59 Å². The van der Waals surface area contributed by atoms with Gasteiger partial charge in [0.25, 0.3) is 5.56 Å². The number of carbonyl (C=O) groups is 1. The first-order valence-electron chi connectivity index (χ1n) is 8.27. The highest BCUT2D eigenvalue weighted by Crippen LogP contribution is 2.17. The number of nitrogens with one attached hydrogen (secondary N) is 1. The van der Waals surface area contributed by atoms with Crippen LogP contribution in [0.3, 0.4) is 0 Å². The van der Waals surface area contributed by atoms with Gasteiger partial charge in [-0.2, -0.15) is 0 Å². The fourth-order valence-corrected chi connectivity index (χ4v) is 2.80. The SMILES string of the molecule is Cc1ccc(C)c(NC(=O)CCc2nc3ccccc3c(=O)n2C)c1. The zero-order valence-corrected chi connectivity index (χ0v) is 14.7. The van der Waals surface area contributed by atoms with Crippen molar-refractivity contribution in [3.05, 3.63) is 69.8 Å². The van der Waals surface area contributed by atoms with Crippen molar-refractivity contribution in [3.63, 3.8) is 0 Å². The molecular formula is C20H21N3O2. The van der Waals surface area contributed by atoms with E-state index in [0.29, 0.717) is 23.1 Å². The molecule has 2 aromatic carbocycles. The molecule has 0 fully saturated rings. The van der Waals surface area contributed by atoms with Crippen molar-refractivity contribution < 1.29 is 4.79 Å². The zero-order valence-electron chi connectivity index (χ0n) is 14.7. The van der Waals surface area contributed by atoms with Gasteiger partial charge in [-0.15, -0.1) is 0 Å². The molecule has 25 heavy (non-hydrogen) atoms. The molecule has 5 nitrogen and oxygen atoms in total. The third-order valence-electron chi connectivity index (χ3n) is 4.32. The van der Waals surface area contributed by atoms with Crippen LogP contribution in [0, 0.1) is 13.8 Å². The molecule has 0 aliphatic heterocycles. The topological polar surface area (TPSA) is 64.0 Å². The lowest BCUT2D eigenvalue weighted by atomic mass is 10.1. The lowest BCUT2D eigenvalue weighted by molar-refractivity contribution is -0.116. The van der Waals surface area contributed by atoms with E-state index in [2.05, 4.69) is 10.3 Å². The number of benzene rings is 2. The Morgan fingerprint density at radius 3 is 2.72 bits per heavy atom. The van der Waals surface area contributed by atoms with Crippen LogP contribution in [0.15, 0.2) is 47.3 Å². The molecule has 0 aliphatic rings. The molecule has 0 spiro atoms. The predicted molar refractivity (Wildman–Crippen MR) is 99.9 cm³/mol. The van der Waals surface area contributed by atoms with Crippen molar-refractivity contribution in [1.82, 2.24) is 9.55 Å². The minimum atomic E-state index is -0.0875. The molecule has 1 amide bonds. The predicted octanol–water partition coefficient (Wildman–Crippen LogP) is 3.12. The van der Waals surface area contributed by atoms with Gasteiger partial charge in [0, 0.05) is 25.6 Å². The number of rotatable bonds is 4. The quantitative estimate of drug-likeness (QED) is 0.797. The highest BCUT2D eigenvalue weighted by Gasteiger charge is 2.11. The summed E-state index contributed by atoms with van der Waals surface area (Å²) in [5, 5.41) is 3.53. The maximum atomic E-state index is 12.4. The highest BCUT2D eigenvalue weighted by atomic mass is 16.1. The minimum Gasteiger partial charge on any atom is -0.326 e. The molecule has 0 atom stereocenters. The second kappa shape index (κ2) is 6.89. The second-order valence-corrected chi connectivity index (χ2v) is 6.28. The van der Waals surface area contributed by atoms with Crippen LogP contribution in [0.5, 0.6) is 0 Å². The number of amides is 1. The van der Waals surface area contributed by atoms with Gasteiger partial charge in [-0.1, -0.05) is 24.3 Å². The summed E-state index contributed by atoms with van der Waals surface area (Å²) in [6.45, 7) is 3.95.